The third-order valence-corrected chi connectivity index (χ3v) is 8.32. The van der Waals surface area contributed by atoms with Gasteiger partial charge in [-0.25, -0.2) is 8.42 Å². The zero-order chi connectivity index (χ0) is 23.3. The molecule has 1 amide bonds. The molecule has 0 N–H and O–H groups in total. The van der Waals surface area contributed by atoms with Crippen LogP contribution < -0.4 is 10.3 Å². The van der Waals surface area contributed by atoms with Crippen molar-refractivity contribution in [3.05, 3.63) is 57.7 Å². The number of hydrogen-bond acceptors (Lipinski definition) is 7. The molecule has 9 nitrogen and oxygen atoms in total. The van der Waals surface area contributed by atoms with E-state index in [1.54, 1.807) is 29.2 Å². The van der Waals surface area contributed by atoms with Crippen LogP contribution in [0.25, 0.3) is 11.0 Å². The molecule has 33 heavy (non-hydrogen) atoms. The van der Waals surface area contributed by atoms with Crippen LogP contribution in [0, 0.1) is 13.8 Å². The third kappa shape index (κ3) is 3.92. The van der Waals surface area contributed by atoms with Crippen molar-refractivity contribution in [3.8, 4) is 0 Å². The predicted octanol–water partition coefficient (Wildman–Crippen LogP) is 1.93. The largest absolute Gasteiger partial charge is 0.451 e. The highest BCUT2D eigenvalue weighted by molar-refractivity contribution is 7.91. The van der Waals surface area contributed by atoms with E-state index in [2.05, 4.69) is 10.00 Å². The van der Waals surface area contributed by atoms with Gasteiger partial charge in [-0.1, -0.05) is 12.1 Å². The summed E-state index contributed by atoms with van der Waals surface area (Å²) in [5.74, 6) is 0.0950. The number of benzene rings is 1. The van der Waals surface area contributed by atoms with Crippen molar-refractivity contribution in [2.45, 2.75) is 26.3 Å². The topological polar surface area (TPSA) is 106 Å². The summed E-state index contributed by atoms with van der Waals surface area (Å²) in [4.78, 5) is 29.3. The van der Waals surface area contributed by atoms with Crippen LogP contribution in [0.3, 0.4) is 0 Å². The number of aromatic nitrogens is 2. The van der Waals surface area contributed by atoms with Crippen molar-refractivity contribution in [3.63, 3.8) is 0 Å². The van der Waals surface area contributed by atoms with Crippen molar-refractivity contribution < 1.29 is 17.6 Å². The second kappa shape index (κ2) is 8.02. The fourth-order valence-electron chi connectivity index (χ4n) is 4.93. The second-order valence-corrected chi connectivity index (χ2v) is 11.0. The number of piperazine rings is 1. The normalized spacial score (nSPS) is 20.5. The van der Waals surface area contributed by atoms with E-state index in [4.69, 9.17) is 4.42 Å². The highest BCUT2D eigenvalue weighted by Crippen LogP contribution is 2.31. The van der Waals surface area contributed by atoms with E-state index in [0.717, 1.165) is 17.1 Å². The van der Waals surface area contributed by atoms with Crippen LogP contribution in [0.2, 0.25) is 0 Å². The first-order chi connectivity index (χ1) is 15.7. The third-order valence-electron chi connectivity index (χ3n) is 6.57. The number of amides is 1. The van der Waals surface area contributed by atoms with Gasteiger partial charge in [0.2, 0.25) is 0 Å². The van der Waals surface area contributed by atoms with E-state index in [0.29, 0.717) is 43.6 Å². The second-order valence-electron chi connectivity index (χ2n) is 8.77. The van der Waals surface area contributed by atoms with Crippen LogP contribution in [-0.4, -0.2) is 66.7 Å². The lowest BCUT2D eigenvalue weighted by Gasteiger charge is -2.36. The molecule has 1 unspecified atom stereocenters. The molecule has 10 heteroatoms. The zero-order valence-corrected chi connectivity index (χ0v) is 19.5. The van der Waals surface area contributed by atoms with Crippen molar-refractivity contribution in [2.24, 2.45) is 0 Å². The molecule has 5 rings (SSSR count). The van der Waals surface area contributed by atoms with Crippen molar-refractivity contribution in [1.82, 2.24) is 14.7 Å². The summed E-state index contributed by atoms with van der Waals surface area (Å²) in [5.41, 5.74) is 2.99. The Kier molecular flexibility index (Phi) is 5.27. The fraction of sp³-hybridized carbons (Fsp3) is 0.435. The lowest BCUT2D eigenvalue weighted by Crippen LogP contribution is -2.49. The minimum Gasteiger partial charge on any atom is -0.451 e. The Morgan fingerprint density at radius 1 is 1.12 bits per heavy atom. The number of carbonyl (C=O) groups is 1. The number of sulfone groups is 1. The molecule has 0 bridgehead atoms. The quantitative estimate of drug-likeness (QED) is 0.576. The first kappa shape index (κ1) is 21.7. The molecule has 1 aromatic carbocycles. The van der Waals surface area contributed by atoms with E-state index in [1.165, 1.54) is 6.07 Å². The molecule has 2 aliphatic heterocycles. The highest BCUT2D eigenvalue weighted by atomic mass is 32.2. The smallest absolute Gasteiger partial charge is 0.289 e. The monoisotopic (exact) mass is 470 g/mol. The zero-order valence-electron chi connectivity index (χ0n) is 18.7. The predicted molar refractivity (Wildman–Crippen MR) is 125 cm³/mol. The lowest BCUT2D eigenvalue weighted by atomic mass is 10.2. The van der Waals surface area contributed by atoms with Gasteiger partial charge >= 0.3 is 0 Å². The molecule has 0 spiro atoms. The molecule has 2 fully saturated rings. The highest BCUT2D eigenvalue weighted by Gasteiger charge is 2.33. The maximum Gasteiger partial charge on any atom is 0.289 e. The van der Waals surface area contributed by atoms with E-state index in [-0.39, 0.29) is 34.6 Å². The first-order valence-corrected chi connectivity index (χ1v) is 12.9. The molecule has 0 saturated carbocycles. The molecular weight excluding hydrogens is 444 g/mol. The SMILES string of the molecule is Cc1nn(C2CCS(=O)(=O)C2)c(C)c1N1CCN(C(=O)c2cc(=O)c3ccccc3o2)CC1. The Labute approximate surface area is 191 Å². The summed E-state index contributed by atoms with van der Waals surface area (Å²) in [5, 5.41) is 5.11. The number of hydrogen-bond donors (Lipinski definition) is 0. The van der Waals surface area contributed by atoms with Gasteiger partial charge in [0.1, 0.15) is 5.58 Å². The van der Waals surface area contributed by atoms with Gasteiger partial charge in [0.25, 0.3) is 5.91 Å². The number of nitrogens with zero attached hydrogens (tertiary/aromatic N) is 4. The Hall–Kier alpha value is -3.14. The Balaban J connectivity index is 1.32. The van der Waals surface area contributed by atoms with Gasteiger partial charge in [0, 0.05) is 32.2 Å². The number of anilines is 1. The molecule has 2 aliphatic rings. The number of rotatable bonds is 3. The van der Waals surface area contributed by atoms with E-state index in [9.17, 15) is 18.0 Å². The Bertz CT molecular complexity index is 1400. The maximum atomic E-state index is 13.0. The lowest BCUT2D eigenvalue weighted by molar-refractivity contribution is 0.0715. The van der Waals surface area contributed by atoms with Crippen LogP contribution in [0.15, 0.2) is 39.5 Å². The van der Waals surface area contributed by atoms with Crippen molar-refractivity contribution >= 4 is 32.4 Å². The molecule has 4 heterocycles. The Morgan fingerprint density at radius 2 is 1.85 bits per heavy atom. The van der Waals surface area contributed by atoms with Gasteiger partial charge in [0.05, 0.1) is 40.0 Å². The van der Waals surface area contributed by atoms with Crippen LogP contribution in [0.1, 0.15) is 34.4 Å². The molecule has 2 saturated heterocycles. The van der Waals surface area contributed by atoms with Gasteiger partial charge in [-0.15, -0.1) is 0 Å². The minimum absolute atomic E-state index is 0.0507. The van der Waals surface area contributed by atoms with Gasteiger partial charge in [-0.3, -0.25) is 14.3 Å². The first-order valence-electron chi connectivity index (χ1n) is 11.1. The summed E-state index contributed by atoms with van der Waals surface area (Å²) in [6.45, 7) is 6.10. The molecule has 0 radical (unpaired) electrons. The average molecular weight is 471 g/mol. The van der Waals surface area contributed by atoms with Gasteiger partial charge in [-0.2, -0.15) is 5.10 Å². The minimum atomic E-state index is -3.00. The van der Waals surface area contributed by atoms with Crippen LogP contribution in [-0.2, 0) is 9.84 Å². The Morgan fingerprint density at radius 3 is 2.55 bits per heavy atom. The summed E-state index contributed by atoms with van der Waals surface area (Å²) in [6, 6.07) is 8.04. The van der Waals surface area contributed by atoms with Crippen LogP contribution in [0.4, 0.5) is 5.69 Å². The van der Waals surface area contributed by atoms with Crippen LogP contribution >= 0.6 is 0 Å². The summed E-state index contributed by atoms with van der Waals surface area (Å²) in [6.07, 6.45) is 0.586. The van der Waals surface area contributed by atoms with E-state index < -0.39 is 9.84 Å². The van der Waals surface area contributed by atoms with Crippen molar-refractivity contribution in [1.29, 1.82) is 0 Å². The molecule has 0 aliphatic carbocycles. The van der Waals surface area contributed by atoms with Crippen LogP contribution in [0.5, 0.6) is 0 Å². The number of para-hydroxylation sites is 1. The van der Waals surface area contributed by atoms with Gasteiger partial charge in [0.15, 0.2) is 21.0 Å². The summed E-state index contributed by atoms with van der Waals surface area (Å²) in [7, 11) is -3.00. The summed E-state index contributed by atoms with van der Waals surface area (Å²) < 4.78 is 31.4. The average Bonchev–Trinajstić information content (AvgIpc) is 3.31. The molecule has 3 aromatic rings. The summed E-state index contributed by atoms with van der Waals surface area (Å²) >= 11 is 0. The molecule has 174 valence electrons. The van der Waals surface area contributed by atoms with Gasteiger partial charge in [-0.05, 0) is 32.4 Å². The van der Waals surface area contributed by atoms with E-state index in [1.807, 2.05) is 18.5 Å². The maximum absolute atomic E-state index is 13.0. The molecule has 2 aromatic heterocycles. The number of carbonyl (C=O) groups excluding carboxylic acids is 1. The number of aryl methyl sites for hydroxylation is 1. The standard InChI is InChI=1S/C23H26N4O5S/c1-15-22(16(2)27(24-15)17-7-12-33(30,31)14-17)25-8-10-26(11-9-25)23(29)21-13-19(28)18-5-3-4-6-20(18)32-21/h3-6,13,17H,7-12,14H2,1-2H3. The van der Waals surface area contributed by atoms with Crippen molar-refractivity contribution in [2.75, 3.05) is 42.6 Å². The molecule has 1 atom stereocenters. The fourth-order valence-corrected chi connectivity index (χ4v) is 6.63. The molecular formula is C23H26N4O5S. The van der Waals surface area contributed by atoms with E-state index >= 15 is 0 Å². The number of fused-ring (bicyclic) bond motifs is 1. The van der Waals surface area contributed by atoms with Gasteiger partial charge < -0.3 is 14.2 Å².